The average molecular weight is 196 g/mol. The van der Waals surface area contributed by atoms with Gasteiger partial charge < -0.3 is 5.32 Å². The molecule has 1 aromatic rings. The molecule has 1 atom stereocenters. The molecule has 0 aromatic heterocycles. The maximum atomic E-state index is 12.3. The van der Waals surface area contributed by atoms with Gasteiger partial charge in [-0.05, 0) is 18.7 Å². The molecule has 0 spiro atoms. The molecular formula is C10H10F2N2. The summed E-state index contributed by atoms with van der Waals surface area (Å²) in [5.74, 6) is 0. The molecule has 74 valence electrons. The highest BCUT2D eigenvalue weighted by atomic mass is 19.3. The van der Waals surface area contributed by atoms with Gasteiger partial charge in [-0.25, -0.2) is 8.78 Å². The second kappa shape index (κ2) is 4.68. The summed E-state index contributed by atoms with van der Waals surface area (Å²) in [5.41, 5.74) is 0.505. The Labute approximate surface area is 81.2 Å². The third kappa shape index (κ3) is 2.27. The lowest BCUT2D eigenvalue weighted by atomic mass is 10.1. The van der Waals surface area contributed by atoms with Gasteiger partial charge in [0.1, 0.15) is 6.04 Å². The molecule has 0 bridgehead atoms. The number of rotatable bonds is 3. The first-order valence-electron chi connectivity index (χ1n) is 4.14. The van der Waals surface area contributed by atoms with Crippen molar-refractivity contribution >= 4 is 0 Å². The van der Waals surface area contributed by atoms with Gasteiger partial charge in [0.15, 0.2) is 0 Å². The summed E-state index contributed by atoms with van der Waals surface area (Å²) in [5, 5.41) is 11.4. The smallest absolute Gasteiger partial charge is 0.263 e. The number of nitrogens with one attached hydrogen (secondary N) is 1. The van der Waals surface area contributed by atoms with Gasteiger partial charge in [-0.3, -0.25) is 0 Å². The Morgan fingerprint density at radius 1 is 1.36 bits per heavy atom. The van der Waals surface area contributed by atoms with Crippen molar-refractivity contribution in [1.82, 2.24) is 5.32 Å². The van der Waals surface area contributed by atoms with Crippen molar-refractivity contribution in [3.8, 4) is 6.07 Å². The molecule has 4 heteroatoms. The Hall–Kier alpha value is -1.47. The summed E-state index contributed by atoms with van der Waals surface area (Å²) in [6.45, 7) is 0. The van der Waals surface area contributed by atoms with Crippen molar-refractivity contribution in [1.29, 1.82) is 5.26 Å². The van der Waals surface area contributed by atoms with E-state index in [4.69, 9.17) is 5.26 Å². The first-order valence-corrected chi connectivity index (χ1v) is 4.14. The standard InChI is InChI=1S/C10H10F2N2/c1-14-9(6-13)7-3-2-4-8(5-7)10(11)12/h2-5,9-10,14H,1H3. The van der Waals surface area contributed by atoms with Crippen LogP contribution < -0.4 is 5.32 Å². The Morgan fingerprint density at radius 3 is 2.50 bits per heavy atom. The minimum atomic E-state index is -2.49. The minimum Gasteiger partial charge on any atom is -0.301 e. The predicted molar refractivity (Wildman–Crippen MR) is 48.8 cm³/mol. The van der Waals surface area contributed by atoms with Crippen LogP contribution in [0.2, 0.25) is 0 Å². The maximum Gasteiger partial charge on any atom is 0.263 e. The van der Waals surface area contributed by atoms with E-state index in [1.807, 2.05) is 6.07 Å². The topological polar surface area (TPSA) is 35.8 Å². The normalized spacial score (nSPS) is 12.5. The minimum absolute atomic E-state index is 0.0574. The summed E-state index contributed by atoms with van der Waals surface area (Å²) >= 11 is 0. The van der Waals surface area contributed by atoms with Crippen LogP contribution in [0.25, 0.3) is 0 Å². The van der Waals surface area contributed by atoms with Crippen molar-refractivity contribution in [2.24, 2.45) is 0 Å². The van der Waals surface area contributed by atoms with E-state index in [9.17, 15) is 8.78 Å². The van der Waals surface area contributed by atoms with Crippen molar-refractivity contribution in [2.45, 2.75) is 12.5 Å². The summed E-state index contributed by atoms with van der Waals surface area (Å²) in [4.78, 5) is 0. The van der Waals surface area contributed by atoms with Crippen LogP contribution in [0.15, 0.2) is 24.3 Å². The van der Waals surface area contributed by atoms with Crippen LogP contribution in [0.1, 0.15) is 23.6 Å². The van der Waals surface area contributed by atoms with Gasteiger partial charge in [0.2, 0.25) is 0 Å². The Morgan fingerprint density at radius 2 is 2.00 bits per heavy atom. The average Bonchev–Trinajstić information content (AvgIpc) is 2.20. The van der Waals surface area contributed by atoms with Crippen LogP contribution in [0.3, 0.4) is 0 Å². The van der Waals surface area contributed by atoms with Crippen molar-refractivity contribution in [3.63, 3.8) is 0 Å². The zero-order chi connectivity index (χ0) is 10.6. The number of alkyl halides is 2. The van der Waals surface area contributed by atoms with Crippen LogP contribution in [0.4, 0.5) is 8.78 Å². The van der Waals surface area contributed by atoms with E-state index in [0.717, 1.165) is 0 Å². The number of nitriles is 1. The van der Waals surface area contributed by atoms with E-state index in [1.54, 1.807) is 13.1 Å². The molecule has 0 saturated heterocycles. The first-order chi connectivity index (χ1) is 6.69. The quantitative estimate of drug-likeness (QED) is 0.805. The van der Waals surface area contributed by atoms with Crippen LogP contribution in [-0.4, -0.2) is 7.05 Å². The Bertz CT molecular complexity index is 344. The zero-order valence-electron chi connectivity index (χ0n) is 7.67. The number of benzene rings is 1. The number of hydrogen-bond donors (Lipinski definition) is 1. The fourth-order valence-electron chi connectivity index (χ4n) is 1.18. The highest BCUT2D eigenvalue weighted by Gasteiger charge is 2.11. The molecule has 0 aliphatic rings. The van der Waals surface area contributed by atoms with Gasteiger partial charge in [-0.15, -0.1) is 0 Å². The molecule has 2 nitrogen and oxygen atoms in total. The summed E-state index contributed by atoms with van der Waals surface area (Å²) in [6.07, 6.45) is -2.49. The Balaban J connectivity index is 3.00. The predicted octanol–water partition coefficient (Wildman–Crippen LogP) is 2.41. The molecule has 0 saturated carbocycles. The molecule has 1 N–H and O–H groups in total. The molecule has 0 aliphatic carbocycles. The fraction of sp³-hybridized carbons (Fsp3) is 0.300. The molecule has 0 heterocycles. The van der Waals surface area contributed by atoms with E-state index in [-0.39, 0.29) is 5.56 Å². The highest BCUT2D eigenvalue weighted by molar-refractivity contribution is 5.29. The third-order valence-electron chi connectivity index (χ3n) is 1.91. The number of nitrogens with zero attached hydrogens (tertiary/aromatic N) is 1. The van der Waals surface area contributed by atoms with E-state index >= 15 is 0 Å². The van der Waals surface area contributed by atoms with Crippen molar-refractivity contribution in [3.05, 3.63) is 35.4 Å². The van der Waals surface area contributed by atoms with E-state index < -0.39 is 12.5 Å². The van der Waals surface area contributed by atoms with E-state index in [0.29, 0.717) is 5.56 Å². The summed E-state index contributed by atoms with van der Waals surface area (Å²) in [7, 11) is 1.61. The molecule has 0 fully saturated rings. The second-order valence-corrected chi connectivity index (χ2v) is 2.82. The zero-order valence-corrected chi connectivity index (χ0v) is 7.67. The van der Waals surface area contributed by atoms with Crippen LogP contribution in [-0.2, 0) is 0 Å². The van der Waals surface area contributed by atoms with Gasteiger partial charge in [-0.1, -0.05) is 18.2 Å². The molecule has 1 unspecified atom stereocenters. The largest absolute Gasteiger partial charge is 0.301 e. The summed E-state index contributed by atoms with van der Waals surface area (Å²) < 4.78 is 24.6. The lowest BCUT2D eigenvalue weighted by Gasteiger charge is -2.09. The van der Waals surface area contributed by atoms with Crippen LogP contribution in [0, 0.1) is 11.3 Å². The molecule has 14 heavy (non-hydrogen) atoms. The molecule has 0 aliphatic heterocycles. The molecule has 0 radical (unpaired) electrons. The molecule has 1 rings (SSSR count). The van der Waals surface area contributed by atoms with Gasteiger partial charge in [0, 0.05) is 5.56 Å². The monoisotopic (exact) mass is 196 g/mol. The fourth-order valence-corrected chi connectivity index (χ4v) is 1.18. The van der Waals surface area contributed by atoms with Gasteiger partial charge >= 0.3 is 0 Å². The third-order valence-corrected chi connectivity index (χ3v) is 1.91. The SMILES string of the molecule is CNC(C#N)c1cccc(C(F)F)c1. The van der Waals surface area contributed by atoms with Crippen LogP contribution in [0.5, 0.6) is 0 Å². The number of hydrogen-bond acceptors (Lipinski definition) is 2. The second-order valence-electron chi connectivity index (χ2n) is 2.82. The van der Waals surface area contributed by atoms with Crippen molar-refractivity contribution < 1.29 is 8.78 Å². The Kier molecular flexibility index (Phi) is 3.55. The molecule has 1 aromatic carbocycles. The lowest BCUT2D eigenvalue weighted by Crippen LogP contribution is -2.14. The van der Waals surface area contributed by atoms with Gasteiger partial charge in [0.05, 0.1) is 6.07 Å². The first kappa shape index (κ1) is 10.6. The summed E-state index contributed by atoms with van der Waals surface area (Å²) in [6, 6.07) is 7.31. The lowest BCUT2D eigenvalue weighted by molar-refractivity contribution is 0.151. The molecular weight excluding hydrogens is 186 g/mol. The van der Waals surface area contributed by atoms with Crippen LogP contribution >= 0.6 is 0 Å². The number of halogens is 2. The van der Waals surface area contributed by atoms with E-state index in [1.165, 1.54) is 18.2 Å². The molecule has 0 amide bonds. The highest BCUT2D eigenvalue weighted by Crippen LogP contribution is 2.22. The van der Waals surface area contributed by atoms with Gasteiger partial charge in [-0.2, -0.15) is 5.26 Å². The van der Waals surface area contributed by atoms with E-state index in [2.05, 4.69) is 5.32 Å². The maximum absolute atomic E-state index is 12.3. The van der Waals surface area contributed by atoms with Crippen molar-refractivity contribution in [2.75, 3.05) is 7.05 Å². The van der Waals surface area contributed by atoms with Gasteiger partial charge in [0.25, 0.3) is 6.43 Å².